The number of nitrogens with zero attached hydrogens (tertiary/aromatic N) is 2. The second-order valence-corrected chi connectivity index (χ2v) is 4.94. The van der Waals surface area contributed by atoms with E-state index in [4.69, 9.17) is 10.00 Å². The highest BCUT2D eigenvalue weighted by atomic mass is 127. The van der Waals surface area contributed by atoms with Gasteiger partial charge in [-0.2, -0.15) is 5.26 Å². The highest BCUT2D eigenvalue weighted by Gasteiger charge is 2.04. The van der Waals surface area contributed by atoms with Gasteiger partial charge in [-0.05, 0) is 44.9 Å². The smallest absolute Gasteiger partial charge is 0.191 e. The fourth-order valence-corrected chi connectivity index (χ4v) is 1.95. The van der Waals surface area contributed by atoms with Gasteiger partial charge in [-0.3, -0.25) is 0 Å². The Hall–Kier alpha value is -1.40. The highest BCUT2D eigenvalue weighted by Crippen LogP contribution is 2.11. The largest absolute Gasteiger partial charge is 0.382 e. The van der Waals surface area contributed by atoms with Crippen LogP contribution in [0, 0.1) is 17.1 Å². The molecule has 0 bridgehead atoms. The van der Waals surface area contributed by atoms with E-state index in [1.54, 1.807) is 0 Å². The van der Waals surface area contributed by atoms with Gasteiger partial charge >= 0.3 is 0 Å². The first-order chi connectivity index (χ1) is 11.2. The SMILES string of the molecule is CCNC(=NCc1cc(C#N)ccc1F)NCCCCOCC.I. The molecule has 0 amide bonds. The lowest BCUT2D eigenvalue weighted by Crippen LogP contribution is -2.37. The van der Waals surface area contributed by atoms with Gasteiger partial charge in [-0.15, -0.1) is 24.0 Å². The molecular formula is C17H26FIN4O. The summed E-state index contributed by atoms with van der Waals surface area (Å²) in [5, 5.41) is 15.2. The minimum Gasteiger partial charge on any atom is -0.382 e. The van der Waals surface area contributed by atoms with Crippen molar-refractivity contribution in [1.82, 2.24) is 10.6 Å². The van der Waals surface area contributed by atoms with Gasteiger partial charge < -0.3 is 15.4 Å². The average Bonchev–Trinajstić information content (AvgIpc) is 2.57. The van der Waals surface area contributed by atoms with E-state index in [0.29, 0.717) is 17.1 Å². The predicted molar refractivity (Wildman–Crippen MR) is 105 cm³/mol. The van der Waals surface area contributed by atoms with Crippen LogP contribution in [0.3, 0.4) is 0 Å². The molecule has 0 radical (unpaired) electrons. The zero-order chi connectivity index (χ0) is 16.9. The third-order valence-corrected chi connectivity index (χ3v) is 3.14. The van der Waals surface area contributed by atoms with Crippen LogP contribution in [-0.2, 0) is 11.3 Å². The van der Waals surface area contributed by atoms with E-state index in [-0.39, 0.29) is 36.3 Å². The second-order valence-electron chi connectivity index (χ2n) is 4.94. The van der Waals surface area contributed by atoms with Gasteiger partial charge in [0.05, 0.1) is 18.2 Å². The van der Waals surface area contributed by atoms with E-state index in [1.165, 1.54) is 18.2 Å². The summed E-state index contributed by atoms with van der Waals surface area (Å²) in [5.41, 5.74) is 0.850. The quantitative estimate of drug-likeness (QED) is 0.264. The molecule has 0 heterocycles. The van der Waals surface area contributed by atoms with Gasteiger partial charge in [0.1, 0.15) is 5.82 Å². The molecule has 0 aliphatic carbocycles. The van der Waals surface area contributed by atoms with Crippen molar-refractivity contribution in [1.29, 1.82) is 5.26 Å². The number of hydrogen-bond acceptors (Lipinski definition) is 3. The van der Waals surface area contributed by atoms with Crippen molar-refractivity contribution in [2.45, 2.75) is 33.2 Å². The Morgan fingerprint density at radius 2 is 2.08 bits per heavy atom. The van der Waals surface area contributed by atoms with Gasteiger partial charge in [0.2, 0.25) is 0 Å². The molecule has 1 aromatic carbocycles. The standard InChI is InChI=1S/C17H25FN4O.HI/c1-3-20-17(21-9-5-6-10-23-4-2)22-13-15-11-14(12-19)7-8-16(15)18;/h7-8,11H,3-6,9-10,13H2,1-2H3,(H2,20,21,22);1H. The summed E-state index contributed by atoms with van der Waals surface area (Å²) < 4.78 is 19.0. The zero-order valence-corrected chi connectivity index (χ0v) is 16.6. The van der Waals surface area contributed by atoms with Crippen LogP contribution < -0.4 is 10.6 Å². The summed E-state index contributed by atoms with van der Waals surface area (Å²) in [6.45, 7) is 7.15. The number of halogens is 2. The molecule has 134 valence electrons. The molecule has 0 aliphatic heterocycles. The molecule has 5 nitrogen and oxygen atoms in total. The first-order valence-corrected chi connectivity index (χ1v) is 7.99. The number of benzene rings is 1. The van der Waals surface area contributed by atoms with Gasteiger partial charge in [-0.25, -0.2) is 9.38 Å². The molecule has 0 unspecified atom stereocenters. The molecule has 0 aliphatic rings. The molecule has 24 heavy (non-hydrogen) atoms. The van der Waals surface area contributed by atoms with E-state index in [2.05, 4.69) is 15.6 Å². The Morgan fingerprint density at radius 1 is 1.29 bits per heavy atom. The number of guanidine groups is 1. The molecule has 0 fully saturated rings. The van der Waals surface area contributed by atoms with Gasteiger partial charge in [0.15, 0.2) is 5.96 Å². The fraction of sp³-hybridized carbons (Fsp3) is 0.529. The predicted octanol–water partition coefficient (Wildman–Crippen LogP) is 3.19. The normalized spacial score (nSPS) is 10.7. The van der Waals surface area contributed by atoms with Crippen LogP contribution in [0.25, 0.3) is 0 Å². The summed E-state index contributed by atoms with van der Waals surface area (Å²) in [4.78, 5) is 4.37. The molecule has 0 spiro atoms. The van der Waals surface area contributed by atoms with Crippen molar-refractivity contribution in [3.63, 3.8) is 0 Å². The van der Waals surface area contributed by atoms with Crippen molar-refractivity contribution in [2.75, 3.05) is 26.3 Å². The van der Waals surface area contributed by atoms with E-state index >= 15 is 0 Å². The van der Waals surface area contributed by atoms with Crippen LogP contribution in [0.5, 0.6) is 0 Å². The van der Waals surface area contributed by atoms with Crippen LogP contribution in [-0.4, -0.2) is 32.3 Å². The molecule has 0 atom stereocenters. The molecule has 0 aromatic heterocycles. The van der Waals surface area contributed by atoms with Crippen molar-refractivity contribution < 1.29 is 9.13 Å². The average molecular weight is 448 g/mol. The zero-order valence-electron chi connectivity index (χ0n) is 14.3. The number of nitrogens with one attached hydrogen (secondary N) is 2. The summed E-state index contributed by atoms with van der Waals surface area (Å²) >= 11 is 0. The number of hydrogen-bond donors (Lipinski definition) is 2. The lowest BCUT2D eigenvalue weighted by molar-refractivity contribution is 0.143. The van der Waals surface area contributed by atoms with Crippen molar-refractivity contribution in [3.8, 4) is 6.07 Å². The Labute approximate surface area is 160 Å². The Bertz CT molecular complexity index is 546. The van der Waals surface area contributed by atoms with Crippen LogP contribution >= 0.6 is 24.0 Å². The van der Waals surface area contributed by atoms with Gasteiger partial charge in [0, 0.05) is 31.9 Å². The summed E-state index contributed by atoms with van der Waals surface area (Å²) in [7, 11) is 0. The Kier molecular flexibility index (Phi) is 13.2. The minimum atomic E-state index is -0.347. The van der Waals surface area contributed by atoms with Crippen molar-refractivity contribution in [3.05, 3.63) is 35.1 Å². The molecule has 0 saturated carbocycles. The van der Waals surface area contributed by atoms with Crippen LogP contribution in [0.2, 0.25) is 0 Å². The van der Waals surface area contributed by atoms with E-state index < -0.39 is 0 Å². The van der Waals surface area contributed by atoms with Crippen LogP contribution in [0.1, 0.15) is 37.8 Å². The van der Waals surface area contributed by atoms with Crippen molar-refractivity contribution >= 4 is 29.9 Å². The molecule has 7 heteroatoms. The molecule has 1 aromatic rings. The lowest BCUT2D eigenvalue weighted by atomic mass is 10.1. The monoisotopic (exact) mass is 448 g/mol. The number of rotatable bonds is 9. The second kappa shape index (κ2) is 14.0. The molecule has 0 saturated heterocycles. The van der Waals surface area contributed by atoms with Crippen molar-refractivity contribution in [2.24, 2.45) is 4.99 Å². The highest BCUT2D eigenvalue weighted by molar-refractivity contribution is 14.0. The van der Waals surface area contributed by atoms with Gasteiger partial charge in [0.25, 0.3) is 0 Å². The third kappa shape index (κ3) is 9.03. The Morgan fingerprint density at radius 3 is 2.75 bits per heavy atom. The minimum absolute atomic E-state index is 0. The maximum Gasteiger partial charge on any atom is 0.191 e. The molecule has 1 rings (SSSR count). The molecular weight excluding hydrogens is 422 g/mol. The third-order valence-electron chi connectivity index (χ3n) is 3.14. The molecule has 2 N–H and O–H groups in total. The number of nitriles is 1. The summed E-state index contributed by atoms with van der Waals surface area (Å²) in [5.74, 6) is 0.297. The topological polar surface area (TPSA) is 69.4 Å². The van der Waals surface area contributed by atoms with E-state index in [9.17, 15) is 4.39 Å². The van der Waals surface area contributed by atoms with Crippen LogP contribution in [0.4, 0.5) is 4.39 Å². The summed E-state index contributed by atoms with van der Waals surface area (Å²) in [6.07, 6.45) is 1.96. The first-order valence-electron chi connectivity index (χ1n) is 7.99. The first kappa shape index (κ1) is 22.6. The number of unbranched alkanes of at least 4 members (excludes halogenated alkanes) is 1. The summed E-state index contributed by atoms with van der Waals surface area (Å²) in [6, 6.07) is 6.31. The lowest BCUT2D eigenvalue weighted by Gasteiger charge is -2.11. The van der Waals surface area contributed by atoms with E-state index in [1.807, 2.05) is 19.9 Å². The maximum absolute atomic E-state index is 13.7. The maximum atomic E-state index is 13.7. The van der Waals surface area contributed by atoms with Crippen LogP contribution in [0.15, 0.2) is 23.2 Å². The fourth-order valence-electron chi connectivity index (χ4n) is 1.95. The Balaban J connectivity index is 0.00000529. The van der Waals surface area contributed by atoms with E-state index in [0.717, 1.165) is 39.1 Å². The van der Waals surface area contributed by atoms with Gasteiger partial charge in [-0.1, -0.05) is 0 Å². The number of aliphatic imine (C=N–C) groups is 1. The number of ether oxygens (including phenoxy) is 1.